The zero-order valence-electron chi connectivity index (χ0n) is 13.2. The zero-order valence-corrected chi connectivity index (χ0v) is 14.0. The number of nitrogens with zero attached hydrogens (tertiary/aromatic N) is 2. The van der Waals surface area contributed by atoms with E-state index in [1.807, 2.05) is 31.2 Å². The van der Waals surface area contributed by atoms with Crippen LogP contribution in [0.2, 0.25) is 0 Å². The summed E-state index contributed by atoms with van der Waals surface area (Å²) in [6.45, 7) is 2.65. The Morgan fingerprint density at radius 2 is 1.95 bits per heavy atom. The summed E-state index contributed by atoms with van der Waals surface area (Å²) < 4.78 is 27.0. The van der Waals surface area contributed by atoms with Gasteiger partial charge in [0.05, 0.1) is 11.8 Å². The van der Waals surface area contributed by atoms with Crippen LogP contribution in [0.1, 0.15) is 55.7 Å². The number of aryl methyl sites for hydroxylation is 1. The van der Waals surface area contributed by atoms with Crippen molar-refractivity contribution in [2.24, 2.45) is 0 Å². The molecule has 1 saturated heterocycles. The molecule has 1 aromatic rings. The first kappa shape index (κ1) is 17.0. The van der Waals surface area contributed by atoms with E-state index in [2.05, 4.69) is 6.07 Å². The molecule has 22 heavy (non-hydrogen) atoms. The van der Waals surface area contributed by atoms with Gasteiger partial charge in [-0.25, -0.2) is 8.42 Å². The minimum absolute atomic E-state index is 0.0321. The quantitative estimate of drug-likeness (QED) is 0.753. The third-order valence-electron chi connectivity index (χ3n) is 4.21. The van der Waals surface area contributed by atoms with Crippen molar-refractivity contribution in [2.75, 3.05) is 12.3 Å². The molecule has 1 aliphatic heterocycles. The molecular formula is C17H24N2O2S. The summed E-state index contributed by atoms with van der Waals surface area (Å²) in [6, 6.07) is 10.2. The highest BCUT2D eigenvalue weighted by Gasteiger charge is 2.32. The summed E-state index contributed by atoms with van der Waals surface area (Å²) in [4.78, 5) is 0. The third-order valence-corrected chi connectivity index (χ3v) is 6.17. The van der Waals surface area contributed by atoms with E-state index in [1.54, 1.807) is 4.31 Å². The molecule has 120 valence electrons. The lowest BCUT2D eigenvalue weighted by atomic mass is 9.97. The van der Waals surface area contributed by atoms with Gasteiger partial charge < -0.3 is 0 Å². The van der Waals surface area contributed by atoms with E-state index in [1.165, 1.54) is 5.56 Å². The first-order chi connectivity index (χ1) is 10.5. The molecule has 0 N–H and O–H groups in total. The van der Waals surface area contributed by atoms with Crippen LogP contribution in [0.15, 0.2) is 24.3 Å². The van der Waals surface area contributed by atoms with Crippen LogP contribution in [-0.4, -0.2) is 25.0 Å². The van der Waals surface area contributed by atoms with Crippen molar-refractivity contribution in [3.63, 3.8) is 0 Å². The maximum Gasteiger partial charge on any atom is 0.214 e. The van der Waals surface area contributed by atoms with E-state index in [0.717, 1.165) is 24.8 Å². The molecule has 0 amide bonds. The lowest BCUT2D eigenvalue weighted by molar-refractivity contribution is 0.256. The number of sulfonamides is 1. The molecular weight excluding hydrogens is 296 g/mol. The molecule has 0 saturated carbocycles. The summed E-state index contributed by atoms with van der Waals surface area (Å²) >= 11 is 0. The minimum Gasteiger partial charge on any atom is -0.212 e. The molecule has 1 aliphatic rings. The van der Waals surface area contributed by atoms with Crippen molar-refractivity contribution in [2.45, 2.75) is 51.5 Å². The standard InChI is InChI=1S/C17H24N2O2S/c1-15-8-10-16(11-9-15)17-7-3-5-13-19(17)22(20,21)14-6-2-4-12-18/h8-11,17H,2-7,13-14H2,1H3. The van der Waals surface area contributed by atoms with Crippen LogP contribution in [0, 0.1) is 18.3 Å². The monoisotopic (exact) mass is 320 g/mol. The average Bonchev–Trinajstić information content (AvgIpc) is 2.52. The number of piperidine rings is 1. The van der Waals surface area contributed by atoms with Gasteiger partial charge in [-0.3, -0.25) is 0 Å². The highest BCUT2D eigenvalue weighted by molar-refractivity contribution is 7.89. The van der Waals surface area contributed by atoms with Gasteiger partial charge in [-0.1, -0.05) is 36.2 Å². The lowest BCUT2D eigenvalue weighted by Gasteiger charge is -2.35. The van der Waals surface area contributed by atoms with Crippen molar-refractivity contribution in [3.8, 4) is 6.07 Å². The predicted molar refractivity (Wildman–Crippen MR) is 87.7 cm³/mol. The second-order valence-corrected chi connectivity index (χ2v) is 8.01. The van der Waals surface area contributed by atoms with Gasteiger partial charge in [0.1, 0.15) is 0 Å². The van der Waals surface area contributed by atoms with Crippen LogP contribution in [-0.2, 0) is 10.0 Å². The van der Waals surface area contributed by atoms with Crippen molar-refractivity contribution in [3.05, 3.63) is 35.4 Å². The summed E-state index contributed by atoms with van der Waals surface area (Å²) in [5, 5.41) is 8.55. The molecule has 1 aromatic carbocycles. The summed E-state index contributed by atoms with van der Waals surface area (Å²) in [5.41, 5.74) is 2.27. The van der Waals surface area contributed by atoms with E-state index < -0.39 is 10.0 Å². The number of nitriles is 1. The number of hydrogen-bond acceptors (Lipinski definition) is 3. The van der Waals surface area contributed by atoms with Gasteiger partial charge in [-0.05, 0) is 38.2 Å². The molecule has 2 rings (SSSR count). The molecule has 0 aliphatic carbocycles. The van der Waals surface area contributed by atoms with Crippen LogP contribution in [0.5, 0.6) is 0 Å². The van der Waals surface area contributed by atoms with E-state index >= 15 is 0 Å². The second-order valence-electron chi connectivity index (χ2n) is 5.96. The Labute approximate surface area is 133 Å². The first-order valence-electron chi connectivity index (χ1n) is 7.97. The summed E-state index contributed by atoms with van der Waals surface area (Å²) in [6.07, 6.45) is 4.53. The number of rotatable bonds is 6. The Kier molecular flexibility index (Phi) is 5.98. The van der Waals surface area contributed by atoms with Gasteiger partial charge in [0, 0.05) is 19.0 Å². The summed E-state index contributed by atoms with van der Waals surface area (Å²) in [7, 11) is -3.25. The molecule has 0 aromatic heterocycles. The smallest absolute Gasteiger partial charge is 0.212 e. The Bertz CT molecular complexity index is 617. The van der Waals surface area contributed by atoms with Crippen molar-refractivity contribution in [1.82, 2.24) is 4.31 Å². The van der Waals surface area contributed by atoms with Gasteiger partial charge in [0.2, 0.25) is 10.0 Å². The first-order valence-corrected chi connectivity index (χ1v) is 9.58. The van der Waals surface area contributed by atoms with Gasteiger partial charge in [0.25, 0.3) is 0 Å². The molecule has 0 spiro atoms. The van der Waals surface area contributed by atoms with E-state index in [0.29, 0.717) is 25.8 Å². The average molecular weight is 320 g/mol. The largest absolute Gasteiger partial charge is 0.214 e. The van der Waals surface area contributed by atoms with Crippen molar-refractivity contribution < 1.29 is 8.42 Å². The van der Waals surface area contributed by atoms with Crippen LogP contribution in [0.25, 0.3) is 0 Å². The topological polar surface area (TPSA) is 61.2 Å². The molecule has 5 heteroatoms. The fraction of sp³-hybridized carbons (Fsp3) is 0.588. The number of unbranched alkanes of at least 4 members (excludes halogenated alkanes) is 2. The maximum absolute atomic E-state index is 12.6. The molecule has 1 fully saturated rings. The van der Waals surface area contributed by atoms with Crippen LogP contribution < -0.4 is 0 Å². The molecule has 0 bridgehead atoms. The summed E-state index contributed by atoms with van der Waals surface area (Å²) in [5.74, 6) is 0.150. The van der Waals surface area contributed by atoms with Crippen LogP contribution >= 0.6 is 0 Å². The highest BCUT2D eigenvalue weighted by Crippen LogP contribution is 2.33. The van der Waals surface area contributed by atoms with Gasteiger partial charge in [-0.15, -0.1) is 0 Å². The Morgan fingerprint density at radius 3 is 2.64 bits per heavy atom. The van der Waals surface area contributed by atoms with Gasteiger partial charge >= 0.3 is 0 Å². The molecule has 0 radical (unpaired) electrons. The second kappa shape index (κ2) is 7.75. The zero-order chi connectivity index (χ0) is 16.0. The molecule has 1 atom stereocenters. The Hall–Kier alpha value is -1.38. The SMILES string of the molecule is Cc1ccc(C2CCCCN2S(=O)(=O)CCCCC#N)cc1. The van der Waals surface area contributed by atoms with Crippen LogP contribution in [0.3, 0.4) is 0 Å². The molecule has 1 heterocycles. The number of hydrogen-bond donors (Lipinski definition) is 0. The Balaban J connectivity index is 2.12. The van der Waals surface area contributed by atoms with E-state index in [9.17, 15) is 8.42 Å². The van der Waals surface area contributed by atoms with Crippen molar-refractivity contribution >= 4 is 10.0 Å². The van der Waals surface area contributed by atoms with Gasteiger partial charge in [0.15, 0.2) is 0 Å². The Morgan fingerprint density at radius 1 is 1.23 bits per heavy atom. The van der Waals surface area contributed by atoms with E-state index in [4.69, 9.17) is 5.26 Å². The minimum atomic E-state index is -3.25. The lowest BCUT2D eigenvalue weighted by Crippen LogP contribution is -2.39. The van der Waals surface area contributed by atoms with Gasteiger partial charge in [-0.2, -0.15) is 9.57 Å². The van der Waals surface area contributed by atoms with Crippen molar-refractivity contribution in [1.29, 1.82) is 5.26 Å². The highest BCUT2D eigenvalue weighted by atomic mass is 32.2. The fourth-order valence-electron chi connectivity index (χ4n) is 2.97. The normalized spacial score (nSPS) is 19.7. The fourth-order valence-corrected chi connectivity index (χ4v) is 4.79. The molecule has 4 nitrogen and oxygen atoms in total. The third kappa shape index (κ3) is 4.31. The molecule has 1 unspecified atom stereocenters. The number of benzene rings is 1. The van der Waals surface area contributed by atoms with Crippen LogP contribution in [0.4, 0.5) is 0 Å². The van der Waals surface area contributed by atoms with E-state index in [-0.39, 0.29) is 11.8 Å². The maximum atomic E-state index is 12.6. The predicted octanol–water partition coefficient (Wildman–Crippen LogP) is 3.55.